The summed E-state index contributed by atoms with van der Waals surface area (Å²) in [5.41, 5.74) is -0.962. The Morgan fingerprint density at radius 3 is 2.83 bits per heavy atom. The van der Waals surface area contributed by atoms with Gasteiger partial charge in [0.05, 0.1) is 24.2 Å². The van der Waals surface area contributed by atoms with Crippen LogP contribution in [-0.4, -0.2) is 29.8 Å². The molecule has 1 aromatic carbocycles. The van der Waals surface area contributed by atoms with Gasteiger partial charge in [0, 0.05) is 19.1 Å². The molecule has 1 aliphatic rings. The number of aromatic amines is 1. The second-order valence-electron chi connectivity index (χ2n) is 6.23. The summed E-state index contributed by atoms with van der Waals surface area (Å²) in [6.45, 7) is 2.33. The predicted molar refractivity (Wildman–Crippen MR) is 85.6 cm³/mol. The Morgan fingerprint density at radius 2 is 2.17 bits per heavy atom. The highest BCUT2D eigenvalue weighted by Gasteiger charge is 2.37. The van der Waals surface area contributed by atoms with E-state index in [0.29, 0.717) is 22.7 Å². The van der Waals surface area contributed by atoms with Crippen molar-refractivity contribution >= 4 is 11.0 Å². The number of halogens is 2. The molecule has 1 fully saturated rings. The van der Waals surface area contributed by atoms with Crippen molar-refractivity contribution in [2.75, 3.05) is 13.7 Å². The zero-order valence-electron chi connectivity index (χ0n) is 13.6. The normalized spacial score (nSPS) is 20.3. The van der Waals surface area contributed by atoms with Gasteiger partial charge in [-0.05, 0) is 30.9 Å². The third-order valence-electron chi connectivity index (χ3n) is 4.25. The van der Waals surface area contributed by atoms with Crippen LogP contribution in [0, 0.1) is 5.92 Å². The second-order valence-corrected chi connectivity index (χ2v) is 6.23. The van der Waals surface area contributed by atoms with E-state index in [1.807, 2.05) is 0 Å². The molecule has 0 bridgehead atoms. The number of benzene rings is 1. The van der Waals surface area contributed by atoms with E-state index in [1.54, 1.807) is 18.2 Å². The van der Waals surface area contributed by atoms with E-state index in [9.17, 15) is 13.6 Å². The van der Waals surface area contributed by atoms with Crippen molar-refractivity contribution in [3.8, 4) is 5.75 Å². The van der Waals surface area contributed by atoms with Gasteiger partial charge in [-0.2, -0.15) is 8.78 Å². The van der Waals surface area contributed by atoms with Crippen LogP contribution in [0.1, 0.15) is 31.9 Å². The van der Waals surface area contributed by atoms with Gasteiger partial charge in [-0.3, -0.25) is 4.79 Å². The van der Waals surface area contributed by atoms with E-state index in [4.69, 9.17) is 9.47 Å². The molecule has 1 aromatic heterocycles. The molecule has 1 saturated carbocycles. The lowest BCUT2D eigenvalue weighted by Gasteiger charge is -2.15. The number of fused-ring (bicyclic) bond motifs is 1. The van der Waals surface area contributed by atoms with Crippen molar-refractivity contribution in [2.24, 2.45) is 5.92 Å². The van der Waals surface area contributed by atoms with Crippen molar-refractivity contribution in [1.82, 2.24) is 9.97 Å². The summed E-state index contributed by atoms with van der Waals surface area (Å²) in [5.74, 6) is -2.25. The Hall–Kier alpha value is -2.02. The molecule has 0 amide bonds. The Balaban J connectivity index is 1.73. The highest BCUT2D eigenvalue weighted by atomic mass is 19.3. The molecule has 0 radical (unpaired) electrons. The van der Waals surface area contributed by atoms with E-state index in [2.05, 4.69) is 16.9 Å². The van der Waals surface area contributed by atoms with Gasteiger partial charge in [0.1, 0.15) is 5.75 Å². The van der Waals surface area contributed by atoms with Crippen LogP contribution in [-0.2, 0) is 10.7 Å². The van der Waals surface area contributed by atoms with Gasteiger partial charge in [-0.15, -0.1) is 0 Å². The van der Waals surface area contributed by atoms with Gasteiger partial charge in [0.2, 0.25) is 0 Å². The maximum Gasteiger partial charge on any atom is 0.295 e. The Morgan fingerprint density at radius 1 is 1.42 bits per heavy atom. The van der Waals surface area contributed by atoms with Crippen LogP contribution in [0.25, 0.3) is 11.0 Å². The van der Waals surface area contributed by atoms with Crippen LogP contribution in [0.2, 0.25) is 0 Å². The number of rotatable bonds is 7. The fourth-order valence-electron chi connectivity index (χ4n) is 2.61. The van der Waals surface area contributed by atoms with E-state index in [-0.39, 0.29) is 19.1 Å². The molecule has 2 atom stereocenters. The minimum atomic E-state index is -3.29. The molecule has 3 rings (SSSR count). The van der Waals surface area contributed by atoms with Crippen molar-refractivity contribution in [2.45, 2.75) is 38.2 Å². The van der Waals surface area contributed by atoms with Gasteiger partial charge in [0.25, 0.3) is 11.5 Å². The summed E-state index contributed by atoms with van der Waals surface area (Å²) in [5, 5.41) is 0. The Kier molecular flexibility index (Phi) is 4.54. The second kappa shape index (κ2) is 6.47. The molecule has 1 N–H and O–H groups in total. The molecule has 0 spiro atoms. The van der Waals surface area contributed by atoms with Crippen molar-refractivity contribution in [3.05, 3.63) is 34.2 Å². The Bertz CT molecular complexity index is 791. The number of nitrogens with one attached hydrogen (secondary N) is 1. The van der Waals surface area contributed by atoms with E-state index in [0.717, 1.165) is 6.42 Å². The number of methoxy groups -OCH3 is 1. The van der Waals surface area contributed by atoms with Gasteiger partial charge in [-0.1, -0.05) is 6.92 Å². The topological polar surface area (TPSA) is 64.2 Å². The summed E-state index contributed by atoms with van der Waals surface area (Å²) < 4.78 is 39.2. The highest BCUT2D eigenvalue weighted by Crippen LogP contribution is 2.34. The lowest BCUT2D eigenvalue weighted by molar-refractivity contribution is -0.0289. The molecule has 1 unspecified atom stereocenters. The number of H-pyrrole nitrogens is 1. The minimum absolute atomic E-state index is 0.179. The summed E-state index contributed by atoms with van der Waals surface area (Å²) in [6, 6.07) is 4.71. The molecule has 130 valence electrons. The van der Waals surface area contributed by atoms with Crippen LogP contribution in [0.15, 0.2) is 23.0 Å². The minimum Gasteiger partial charge on any atom is -0.497 e. The van der Waals surface area contributed by atoms with Crippen molar-refractivity contribution in [3.63, 3.8) is 0 Å². The molecule has 1 aliphatic carbocycles. The first kappa shape index (κ1) is 16.8. The van der Waals surface area contributed by atoms with Crippen LogP contribution in [0.4, 0.5) is 8.78 Å². The van der Waals surface area contributed by atoms with Crippen LogP contribution < -0.4 is 10.3 Å². The summed E-state index contributed by atoms with van der Waals surface area (Å²) >= 11 is 0. The standard InChI is InChI=1S/C17H20F2N2O3/c1-10-8-14(10)24-7-3-6-17(18,19)15-16(22)21-13-9-11(23-2)4-5-12(13)20-15/h4-5,9-10,14H,3,6-8H2,1-2H3,(H,21,22)/t10?,14-/m1/s1. The van der Waals surface area contributed by atoms with E-state index >= 15 is 0 Å². The summed E-state index contributed by atoms with van der Waals surface area (Å²) in [6.07, 6.45) is 0.908. The number of ether oxygens (including phenoxy) is 2. The number of aromatic nitrogens is 2. The average Bonchev–Trinajstić information content (AvgIpc) is 3.25. The molecular formula is C17H20F2N2O3. The van der Waals surface area contributed by atoms with Crippen LogP contribution >= 0.6 is 0 Å². The Labute approximate surface area is 138 Å². The number of hydrogen-bond donors (Lipinski definition) is 1. The lowest BCUT2D eigenvalue weighted by Crippen LogP contribution is -2.27. The van der Waals surface area contributed by atoms with Gasteiger partial charge in [-0.25, -0.2) is 4.98 Å². The van der Waals surface area contributed by atoms with E-state index < -0.39 is 23.6 Å². The maximum atomic E-state index is 14.3. The largest absolute Gasteiger partial charge is 0.497 e. The fourth-order valence-corrected chi connectivity index (χ4v) is 2.61. The predicted octanol–water partition coefficient (Wildman–Crippen LogP) is 3.23. The number of nitrogens with zero attached hydrogens (tertiary/aromatic N) is 1. The van der Waals surface area contributed by atoms with Gasteiger partial charge >= 0.3 is 0 Å². The first-order valence-corrected chi connectivity index (χ1v) is 7.98. The summed E-state index contributed by atoms with van der Waals surface area (Å²) in [7, 11) is 1.49. The first-order valence-electron chi connectivity index (χ1n) is 7.98. The van der Waals surface area contributed by atoms with Crippen LogP contribution in [0.3, 0.4) is 0 Å². The lowest BCUT2D eigenvalue weighted by atomic mass is 10.1. The highest BCUT2D eigenvalue weighted by molar-refractivity contribution is 5.75. The third kappa shape index (κ3) is 3.56. The molecule has 7 heteroatoms. The third-order valence-corrected chi connectivity index (χ3v) is 4.25. The van der Waals surface area contributed by atoms with Crippen molar-refractivity contribution in [1.29, 1.82) is 0 Å². The molecule has 5 nitrogen and oxygen atoms in total. The molecule has 0 aliphatic heterocycles. The van der Waals surface area contributed by atoms with E-state index in [1.165, 1.54) is 7.11 Å². The molecule has 2 aromatic rings. The van der Waals surface area contributed by atoms with Gasteiger partial charge < -0.3 is 14.5 Å². The zero-order chi connectivity index (χ0) is 17.3. The monoisotopic (exact) mass is 338 g/mol. The quantitative estimate of drug-likeness (QED) is 0.787. The average molecular weight is 338 g/mol. The molecule has 1 heterocycles. The smallest absolute Gasteiger partial charge is 0.295 e. The maximum absolute atomic E-state index is 14.3. The number of hydrogen-bond acceptors (Lipinski definition) is 4. The summed E-state index contributed by atoms with van der Waals surface area (Å²) in [4.78, 5) is 18.3. The van der Waals surface area contributed by atoms with Gasteiger partial charge in [0.15, 0.2) is 5.69 Å². The molecule has 0 saturated heterocycles. The molecule has 24 heavy (non-hydrogen) atoms. The van der Waals surface area contributed by atoms with Crippen molar-refractivity contribution < 1.29 is 18.3 Å². The van der Waals surface area contributed by atoms with Crippen LogP contribution in [0.5, 0.6) is 5.75 Å². The molecular weight excluding hydrogens is 318 g/mol. The zero-order valence-corrected chi connectivity index (χ0v) is 13.6. The number of alkyl halides is 2. The SMILES string of the molecule is COc1ccc2nc(C(F)(F)CCCO[C@@H]3CC3C)c(=O)[nH]c2c1. The fraction of sp³-hybridized carbons (Fsp3) is 0.529. The first-order chi connectivity index (χ1) is 11.4.